The smallest absolute Gasteiger partial charge is 0.252 e. The van der Waals surface area contributed by atoms with E-state index in [9.17, 15) is 13.2 Å². The molecule has 1 fully saturated rings. The van der Waals surface area contributed by atoms with Gasteiger partial charge in [-0.15, -0.1) is 11.3 Å². The van der Waals surface area contributed by atoms with Crippen molar-refractivity contribution in [3.63, 3.8) is 0 Å². The van der Waals surface area contributed by atoms with Gasteiger partial charge in [0.25, 0.3) is 10.0 Å². The zero-order valence-corrected chi connectivity index (χ0v) is 18.5. The zero-order valence-electron chi connectivity index (χ0n) is 16.8. The summed E-state index contributed by atoms with van der Waals surface area (Å²) in [5, 5.41) is 7.74. The highest BCUT2D eigenvalue weighted by atomic mass is 32.2. The maximum Gasteiger partial charge on any atom is 0.252 e. The third-order valence-corrected chi connectivity index (χ3v) is 8.07. The molecule has 2 rings (SSSR count). The van der Waals surface area contributed by atoms with Crippen molar-refractivity contribution < 1.29 is 13.2 Å². The molecule has 0 radical (unpaired) electrons. The van der Waals surface area contributed by atoms with Crippen molar-refractivity contribution in [1.29, 1.82) is 0 Å². The summed E-state index contributed by atoms with van der Waals surface area (Å²) in [7, 11) is -0.187. The van der Waals surface area contributed by atoms with Gasteiger partial charge in [-0.25, -0.2) is 8.42 Å². The van der Waals surface area contributed by atoms with Crippen LogP contribution in [0.1, 0.15) is 26.2 Å². The van der Waals surface area contributed by atoms with E-state index >= 15 is 0 Å². The van der Waals surface area contributed by atoms with Crippen LogP contribution in [0.25, 0.3) is 0 Å². The molecule has 2 N–H and O–H groups in total. The molecule has 1 aliphatic rings. The molecule has 10 heteroatoms. The van der Waals surface area contributed by atoms with Gasteiger partial charge in [-0.3, -0.25) is 9.79 Å². The number of hydrogen-bond donors (Lipinski definition) is 2. The SMILES string of the molecule is CCNC(=NCCN(C)S(=O)(=O)c1cccs1)N1CCC(CC(=O)NC)CC1. The molecule has 1 aromatic heterocycles. The Hall–Kier alpha value is -1.65. The molecule has 1 amide bonds. The number of piperidine rings is 1. The van der Waals surface area contributed by atoms with Crippen LogP contribution in [0, 0.1) is 5.92 Å². The van der Waals surface area contributed by atoms with Crippen molar-refractivity contribution in [2.45, 2.75) is 30.4 Å². The highest BCUT2D eigenvalue weighted by Crippen LogP contribution is 2.21. The molecule has 0 bridgehead atoms. The number of likely N-dealkylation sites (tertiary alicyclic amines) is 1. The second kappa shape index (κ2) is 10.8. The van der Waals surface area contributed by atoms with Gasteiger partial charge in [0.05, 0.1) is 6.54 Å². The minimum atomic E-state index is -3.44. The summed E-state index contributed by atoms with van der Waals surface area (Å²) in [4.78, 5) is 18.4. The molecule has 0 aromatic carbocycles. The van der Waals surface area contributed by atoms with Gasteiger partial charge in [0.1, 0.15) is 4.21 Å². The first-order valence-electron chi connectivity index (χ1n) is 9.62. The lowest BCUT2D eigenvalue weighted by atomic mass is 9.93. The molecular formula is C18H31N5O3S2. The number of amides is 1. The molecule has 0 unspecified atom stereocenters. The van der Waals surface area contributed by atoms with E-state index in [-0.39, 0.29) is 5.91 Å². The Morgan fingerprint density at radius 3 is 2.68 bits per heavy atom. The summed E-state index contributed by atoms with van der Waals surface area (Å²) in [6, 6.07) is 3.35. The van der Waals surface area contributed by atoms with Crippen LogP contribution in [0.5, 0.6) is 0 Å². The van der Waals surface area contributed by atoms with Crippen molar-refractivity contribution in [3.8, 4) is 0 Å². The van der Waals surface area contributed by atoms with Gasteiger partial charge in [0.2, 0.25) is 5.91 Å². The summed E-state index contributed by atoms with van der Waals surface area (Å²) < 4.78 is 26.6. The summed E-state index contributed by atoms with van der Waals surface area (Å²) in [5.74, 6) is 1.30. The van der Waals surface area contributed by atoms with Crippen LogP contribution in [-0.2, 0) is 14.8 Å². The second-order valence-corrected chi connectivity index (χ2v) is 10.0. The second-order valence-electron chi connectivity index (χ2n) is 6.80. The summed E-state index contributed by atoms with van der Waals surface area (Å²) in [5.41, 5.74) is 0. The number of carbonyl (C=O) groups excluding carboxylic acids is 1. The third-order valence-electron chi connectivity index (χ3n) is 4.84. The first-order chi connectivity index (χ1) is 13.4. The van der Waals surface area contributed by atoms with Crippen LogP contribution < -0.4 is 10.6 Å². The number of sulfonamides is 1. The van der Waals surface area contributed by atoms with Gasteiger partial charge in [0, 0.05) is 46.7 Å². The molecular weight excluding hydrogens is 398 g/mol. The van der Waals surface area contributed by atoms with Crippen LogP contribution in [0.2, 0.25) is 0 Å². The van der Waals surface area contributed by atoms with E-state index in [1.807, 2.05) is 6.92 Å². The summed E-state index contributed by atoms with van der Waals surface area (Å²) >= 11 is 1.22. The molecule has 0 spiro atoms. The van der Waals surface area contributed by atoms with Crippen molar-refractivity contribution in [2.75, 3.05) is 46.8 Å². The lowest BCUT2D eigenvalue weighted by Gasteiger charge is -2.34. The van der Waals surface area contributed by atoms with E-state index in [0.29, 0.717) is 29.6 Å². The number of carbonyl (C=O) groups is 1. The minimum absolute atomic E-state index is 0.0917. The lowest BCUT2D eigenvalue weighted by molar-refractivity contribution is -0.121. The van der Waals surface area contributed by atoms with E-state index in [2.05, 4.69) is 20.5 Å². The fourth-order valence-electron chi connectivity index (χ4n) is 3.12. The van der Waals surface area contributed by atoms with E-state index < -0.39 is 10.0 Å². The maximum absolute atomic E-state index is 12.5. The van der Waals surface area contributed by atoms with Gasteiger partial charge in [-0.1, -0.05) is 6.07 Å². The van der Waals surface area contributed by atoms with Crippen LogP contribution >= 0.6 is 11.3 Å². The van der Waals surface area contributed by atoms with Crippen LogP contribution in [-0.4, -0.2) is 76.3 Å². The average Bonchev–Trinajstić information content (AvgIpc) is 3.23. The van der Waals surface area contributed by atoms with Crippen LogP contribution in [0.4, 0.5) is 0 Å². The Labute approximate surface area is 172 Å². The molecule has 0 saturated carbocycles. The number of aliphatic imine (C=N–C) groups is 1. The Bertz CT molecular complexity index is 741. The van der Waals surface area contributed by atoms with Gasteiger partial charge in [0.15, 0.2) is 5.96 Å². The molecule has 0 aliphatic carbocycles. The van der Waals surface area contributed by atoms with Gasteiger partial charge in [-0.05, 0) is 37.1 Å². The van der Waals surface area contributed by atoms with E-state index in [4.69, 9.17) is 0 Å². The number of nitrogens with zero attached hydrogens (tertiary/aromatic N) is 3. The topological polar surface area (TPSA) is 94.1 Å². The Kier molecular flexibility index (Phi) is 8.71. The molecule has 1 saturated heterocycles. The fourth-order valence-corrected chi connectivity index (χ4v) is 5.48. The fraction of sp³-hybridized carbons (Fsp3) is 0.667. The third kappa shape index (κ3) is 6.18. The monoisotopic (exact) mass is 429 g/mol. The number of guanidine groups is 1. The predicted octanol–water partition coefficient (Wildman–Crippen LogP) is 1.18. The zero-order chi connectivity index (χ0) is 20.6. The molecule has 2 heterocycles. The molecule has 1 aliphatic heterocycles. The van der Waals surface area contributed by atoms with Gasteiger partial charge < -0.3 is 15.5 Å². The quantitative estimate of drug-likeness (QED) is 0.478. The molecule has 1 aromatic rings. The minimum Gasteiger partial charge on any atom is -0.359 e. The van der Waals surface area contributed by atoms with E-state index in [1.165, 1.54) is 15.6 Å². The molecule has 8 nitrogen and oxygen atoms in total. The maximum atomic E-state index is 12.5. The van der Waals surface area contributed by atoms with Crippen LogP contribution in [0.3, 0.4) is 0 Å². The number of thiophene rings is 1. The Morgan fingerprint density at radius 1 is 1.39 bits per heavy atom. The standard InChI is InChI=1S/C18H31N5O3S2/c1-4-20-18(23-10-7-15(8-11-23)14-16(24)19-2)21-9-12-22(3)28(25,26)17-6-5-13-27-17/h5-6,13,15H,4,7-12,14H2,1-3H3,(H,19,24)(H,20,21). The van der Waals surface area contributed by atoms with Crippen LogP contribution in [0.15, 0.2) is 26.7 Å². The van der Waals surface area contributed by atoms with Crippen molar-refractivity contribution >= 4 is 33.2 Å². The first-order valence-corrected chi connectivity index (χ1v) is 11.9. The number of hydrogen-bond acceptors (Lipinski definition) is 5. The van der Waals surface area contributed by atoms with Crippen molar-refractivity contribution in [3.05, 3.63) is 17.5 Å². The molecule has 0 atom stereocenters. The Balaban J connectivity index is 1.89. The first kappa shape index (κ1) is 22.6. The predicted molar refractivity (Wildman–Crippen MR) is 113 cm³/mol. The highest BCUT2D eigenvalue weighted by Gasteiger charge is 2.24. The van der Waals surface area contributed by atoms with E-state index in [1.54, 1.807) is 31.6 Å². The lowest BCUT2D eigenvalue weighted by Crippen LogP contribution is -2.46. The summed E-state index contributed by atoms with van der Waals surface area (Å²) in [6.07, 6.45) is 2.47. The Morgan fingerprint density at radius 2 is 2.11 bits per heavy atom. The number of nitrogens with one attached hydrogen (secondary N) is 2. The largest absolute Gasteiger partial charge is 0.359 e. The number of likely N-dealkylation sites (N-methyl/N-ethyl adjacent to an activating group) is 1. The van der Waals surface area contributed by atoms with Crippen molar-refractivity contribution in [1.82, 2.24) is 19.8 Å². The average molecular weight is 430 g/mol. The van der Waals surface area contributed by atoms with Crippen molar-refractivity contribution in [2.24, 2.45) is 10.9 Å². The highest BCUT2D eigenvalue weighted by molar-refractivity contribution is 7.91. The van der Waals surface area contributed by atoms with E-state index in [0.717, 1.165) is 38.4 Å². The normalized spacial score (nSPS) is 16.4. The summed E-state index contributed by atoms with van der Waals surface area (Å²) in [6.45, 7) is 5.17. The number of rotatable bonds is 8. The van der Waals surface area contributed by atoms with Gasteiger partial charge in [-0.2, -0.15) is 4.31 Å². The molecule has 28 heavy (non-hydrogen) atoms. The van der Waals surface area contributed by atoms with Gasteiger partial charge >= 0.3 is 0 Å². The molecule has 158 valence electrons.